The van der Waals surface area contributed by atoms with E-state index in [0.29, 0.717) is 0 Å². The van der Waals surface area contributed by atoms with Crippen molar-refractivity contribution in [2.45, 2.75) is 39.5 Å². The number of benzene rings is 1. The van der Waals surface area contributed by atoms with Crippen LogP contribution in [0.2, 0.25) is 0 Å². The minimum absolute atomic E-state index is 0.283. The van der Waals surface area contributed by atoms with E-state index in [1.54, 1.807) is 0 Å². The molecule has 0 saturated heterocycles. The summed E-state index contributed by atoms with van der Waals surface area (Å²) >= 11 is 0. The molecule has 0 aliphatic heterocycles. The highest BCUT2D eigenvalue weighted by Gasteiger charge is 2.12. The van der Waals surface area contributed by atoms with E-state index in [1.165, 1.54) is 11.1 Å². The Labute approximate surface area is 91.8 Å². The molecule has 0 fully saturated rings. The fourth-order valence-corrected chi connectivity index (χ4v) is 1.26. The van der Waals surface area contributed by atoms with Crippen LogP contribution in [0.25, 0.3) is 0 Å². The molecule has 0 bridgehead atoms. The largest absolute Gasteiger partial charge is 0.231 e. The first-order valence-corrected chi connectivity index (χ1v) is 5.09. The van der Waals surface area contributed by atoms with Gasteiger partial charge in [0, 0.05) is 0 Å². The zero-order chi connectivity index (χ0) is 11.9. The fraction of sp³-hybridized carbons (Fsp3) is 0.462. The predicted molar refractivity (Wildman–Crippen MR) is 62.9 cm³/mol. The number of isocyanates is 1. The van der Waals surface area contributed by atoms with E-state index in [4.69, 9.17) is 10.2 Å². The maximum absolute atomic E-state index is 8.35. The first kappa shape index (κ1) is 13.6. The normalized spacial score (nSPS) is 9.87. The van der Waals surface area contributed by atoms with Crippen molar-refractivity contribution < 1.29 is 4.79 Å². The maximum Gasteiger partial charge on any atom is 0.231 e. The quantitative estimate of drug-likeness (QED) is 0.553. The van der Waals surface area contributed by atoms with Crippen LogP contribution in [0, 0.1) is 5.41 Å². The highest BCUT2D eigenvalue weighted by Crippen LogP contribution is 2.22. The fourth-order valence-electron chi connectivity index (χ4n) is 1.26. The van der Waals surface area contributed by atoms with Crippen molar-refractivity contribution in [3.05, 3.63) is 35.4 Å². The van der Waals surface area contributed by atoms with Gasteiger partial charge in [-0.05, 0) is 23.0 Å². The van der Waals surface area contributed by atoms with E-state index >= 15 is 0 Å². The van der Waals surface area contributed by atoms with Crippen LogP contribution in [0.1, 0.15) is 38.8 Å². The zero-order valence-corrected chi connectivity index (χ0v) is 9.92. The van der Waals surface area contributed by atoms with Crippen molar-refractivity contribution >= 4 is 6.08 Å². The number of hydrogen-bond donors (Lipinski definition) is 1. The summed E-state index contributed by atoms with van der Waals surface area (Å²) in [6.45, 7) is 8.95. The molecular formula is C13H19NO. The van der Waals surface area contributed by atoms with Gasteiger partial charge in [-0.3, -0.25) is 0 Å². The summed E-state index contributed by atoms with van der Waals surface area (Å²) in [4.78, 5) is 8.35. The zero-order valence-electron chi connectivity index (χ0n) is 9.92. The van der Waals surface area contributed by atoms with Crippen molar-refractivity contribution in [3.63, 3.8) is 0 Å². The van der Waals surface area contributed by atoms with E-state index < -0.39 is 0 Å². The lowest BCUT2D eigenvalue weighted by Gasteiger charge is -2.19. The first-order valence-electron chi connectivity index (χ1n) is 5.09. The smallest absolute Gasteiger partial charge is 0.222 e. The molecule has 1 aromatic carbocycles. The number of carbonyl (C=O) groups excluding carboxylic acids is 1. The molecule has 82 valence electrons. The SMILES string of the molecule is CCc1cccc(C(C)(C)C)c1.N=C=O. The number of nitrogens with one attached hydrogen (secondary N) is 1. The summed E-state index contributed by atoms with van der Waals surface area (Å²) in [5.74, 6) is 0. The first-order chi connectivity index (χ1) is 6.95. The second-order valence-electron chi connectivity index (χ2n) is 4.41. The van der Waals surface area contributed by atoms with Crippen molar-refractivity contribution in [1.29, 1.82) is 5.41 Å². The monoisotopic (exact) mass is 205 g/mol. The van der Waals surface area contributed by atoms with Gasteiger partial charge in [0.1, 0.15) is 0 Å². The number of aryl methyl sites for hydroxylation is 1. The van der Waals surface area contributed by atoms with E-state index in [2.05, 4.69) is 52.0 Å². The van der Waals surface area contributed by atoms with Crippen LogP contribution >= 0.6 is 0 Å². The molecule has 2 heteroatoms. The Hall–Kier alpha value is -1.40. The summed E-state index contributed by atoms with van der Waals surface area (Å²) in [5, 5.41) is 5.40. The Morgan fingerprint density at radius 2 is 1.87 bits per heavy atom. The lowest BCUT2D eigenvalue weighted by Crippen LogP contribution is -2.10. The molecule has 1 N–H and O–H groups in total. The highest BCUT2D eigenvalue weighted by atomic mass is 16.1. The van der Waals surface area contributed by atoms with Gasteiger partial charge in [-0.15, -0.1) is 0 Å². The van der Waals surface area contributed by atoms with Gasteiger partial charge in [0.15, 0.2) is 0 Å². The second-order valence-corrected chi connectivity index (χ2v) is 4.41. The molecule has 15 heavy (non-hydrogen) atoms. The molecule has 2 nitrogen and oxygen atoms in total. The van der Waals surface area contributed by atoms with Crippen molar-refractivity contribution in [3.8, 4) is 0 Å². The number of hydrogen-bond acceptors (Lipinski definition) is 2. The van der Waals surface area contributed by atoms with Crippen molar-refractivity contribution in [1.82, 2.24) is 0 Å². The van der Waals surface area contributed by atoms with Gasteiger partial charge in [0.05, 0.1) is 0 Å². The molecule has 0 atom stereocenters. The van der Waals surface area contributed by atoms with E-state index in [0.717, 1.165) is 12.5 Å². The Balaban J connectivity index is 0.000000583. The second kappa shape index (κ2) is 6.15. The van der Waals surface area contributed by atoms with Crippen LogP contribution in [0.5, 0.6) is 0 Å². The van der Waals surface area contributed by atoms with Gasteiger partial charge < -0.3 is 0 Å². The topological polar surface area (TPSA) is 40.9 Å². The molecule has 0 radical (unpaired) electrons. The predicted octanol–water partition coefficient (Wildman–Crippen LogP) is 3.45. The summed E-state index contributed by atoms with van der Waals surface area (Å²) in [5.41, 5.74) is 3.15. The van der Waals surface area contributed by atoms with Gasteiger partial charge in [-0.25, -0.2) is 10.2 Å². The minimum atomic E-state index is 0.283. The molecule has 0 aliphatic carbocycles. The molecular weight excluding hydrogens is 186 g/mol. The van der Waals surface area contributed by atoms with E-state index in [-0.39, 0.29) is 5.41 Å². The molecule has 0 heterocycles. The highest BCUT2D eigenvalue weighted by molar-refractivity contribution is 5.28. The van der Waals surface area contributed by atoms with Gasteiger partial charge in [-0.2, -0.15) is 0 Å². The van der Waals surface area contributed by atoms with Gasteiger partial charge >= 0.3 is 0 Å². The molecule has 0 unspecified atom stereocenters. The molecule has 1 aromatic rings. The summed E-state index contributed by atoms with van der Waals surface area (Å²) < 4.78 is 0. The average Bonchev–Trinajstić information content (AvgIpc) is 2.18. The summed E-state index contributed by atoms with van der Waals surface area (Å²) in [6.07, 6.45) is 1.88. The Morgan fingerprint density at radius 1 is 1.33 bits per heavy atom. The Morgan fingerprint density at radius 3 is 2.27 bits per heavy atom. The Bertz CT molecular complexity index is 331. The van der Waals surface area contributed by atoms with Gasteiger partial charge in [0.2, 0.25) is 6.08 Å². The van der Waals surface area contributed by atoms with Crippen molar-refractivity contribution in [2.24, 2.45) is 0 Å². The van der Waals surface area contributed by atoms with Gasteiger partial charge in [0.25, 0.3) is 0 Å². The number of rotatable bonds is 1. The summed E-state index contributed by atoms with van der Waals surface area (Å²) in [6, 6.07) is 8.85. The third-order valence-electron chi connectivity index (χ3n) is 2.20. The third-order valence-corrected chi connectivity index (χ3v) is 2.20. The molecule has 1 rings (SSSR count). The molecule has 0 amide bonds. The van der Waals surface area contributed by atoms with Gasteiger partial charge in [-0.1, -0.05) is 52.0 Å². The van der Waals surface area contributed by atoms with Crippen LogP contribution in [0.3, 0.4) is 0 Å². The Kier molecular flexibility index (Phi) is 5.58. The molecule has 0 aromatic heterocycles. The van der Waals surface area contributed by atoms with Crippen LogP contribution in [0.15, 0.2) is 24.3 Å². The molecule has 0 saturated carbocycles. The maximum atomic E-state index is 8.35. The van der Waals surface area contributed by atoms with E-state index in [9.17, 15) is 0 Å². The lowest BCUT2D eigenvalue weighted by atomic mass is 9.86. The molecule has 0 spiro atoms. The van der Waals surface area contributed by atoms with E-state index in [1.807, 2.05) is 0 Å². The lowest BCUT2D eigenvalue weighted by molar-refractivity contribution is 0.562. The van der Waals surface area contributed by atoms with Crippen LogP contribution in [0.4, 0.5) is 0 Å². The average molecular weight is 205 g/mol. The summed E-state index contributed by atoms with van der Waals surface area (Å²) in [7, 11) is 0. The van der Waals surface area contributed by atoms with Crippen LogP contribution < -0.4 is 0 Å². The van der Waals surface area contributed by atoms with Crippen molar-refractivity contribution in [2.75, 3.05) is 0 Å². The van der Waals surface area contributed by atoms with Crippen LogP contribution in [-0.2, 0) is 16.6 Å². The van der Waals surface area contributed by atoms with Crippen LogP contribution in [-0.4, -0.2) is 6.08 Å². The standard InChI is InChI=1S/C12H18.CHNO/c1-5-10-7-6-8-11(9-10)12(2,3)4;2-1-3/h6-9H,5H2,1-4H3;2H. The molecule has 0 aliphatic rings. The third kappa shape index (κ3) is 5.14. The minimum Gasteiger partial charge on any atom is -0.222 e.